The minimum absolute atomic E-state index is 0.0529. The minimum atomic E-state index is -0.745. The van der Waals surface area contributed by atoms with E-state index >= 15 is 0 Å². The van der Waals surface area contributed by atoms with Crippen molar-refractivity contribution >= 4 is 5.78 Å². The number of aryl methyl sites for hydroxylation is 1. The maximum absolute atomic E-state index is 13.3. The fraction of sp³-hybridized carbons (Fsp3) is 0.435. The maximum atomic E-state index is 13.3. The average Bonchev–Trinajstić information content (AvgIpc) is 3.12. The fourth-order valence-corrected chi connectivity index (χ4v) is 4.99. The number of carbonyl (C=O) groups excluding carboxylic acids is 1. The normalized spacial score (nSPS) is 27.1. The molecule has 0 radical (unpaired) electrons. The summed E-state index contributed by atoms with van der Waals surface area (Å²) in [6.07, 6.45) is 2.00. The van der Waals surface area contributed by atoms with Crippen LogP contribution >= 0.6 is 0 Å². The van der Waals surface area contributed by atoms with E-state index in [1.807, 2.05) is 6.92 Å². The number of aliphatic hydroxyl groups is 1. The van der Waals surface area contributed by atoms with Gasteiger partial charge >= 0.3 is 0 Å². The average molecular weight is 383 g/mol. The van der Waals surface area contributed by atoms with Gasteiger partial charge in [-0.05, 0) is 79.1 Å². The van der Waals surface area contributed by atoms with Crippen molar-refractivity contribution < 1.29 is 19.4 Å². The minimum Gasteiger partial charge on any atom is -0.508 e. The molecule has 148 valence electrons. The van der Waals surface area contributed by atoms with Gasteiger partial charge in [-0.3, -0.25) is 9.69 Å². The summed E-state index contributed by atoms with van der Waals surface area (Å²) in [5.41, 5.74) is 1.75. The summed E-state index contributed by atoms with van der Waals surface area (Å²) in [5, 5.41) is 20.5. The summed E-state index contributed by atoms with van der Waals surface area (Å²) in [5.74, 6) is 0.738. The van der Waals surface area contributed by atoms with Crippen LogP contribution in [0, 0.1) is 24.6 Å². The molecule has 1 aliphatic carbocycles. The zero-order valence-electron chi connectivity index (χ0n) is 16.1. The zero-order chi connectivity index (χ0) is 19.9. The molecule has 1 unspecified atom stereocenters. The van der Waals surface area contributed by atoms with Crippen molar-refractivity contribution in [1.82, 2.24) is 4.90 Å². The lowest BCUT2D eigenvalue weighted by atomic mass is 9.89. The smallest absolute Gasteiger partial charge is 0.176 e. The molecule has 4 nitrogen and oxygen atoms in total. The number of hydrogen-bond donors (Lipinski definition) is 2. The Kier molecular flexibility index (Phi) is 4.98. The Morgan fingerprint density at radius 2 is 1.79 bits per heavy atom. The van der Waals surface area contributed by atoms with E-state index in [0.717, 1.165) is 37.1 Å². The van der Waals surface area contributed by atoms with E-state index in [9.17, 15) is 19.4 Å². The molecule has 3 atom stereocenters. The monoisotopic (exact) mass is 383 g/mol. The molecule has 1 heterocycles. The van der Waals surface area contributed by atoms with Crippen molar-refractivity contribution in [3.8, 4) is 5.75 Å². The van der Waals surface area contributed by atoms with Crippen molar-refractivity contribution in [2.45, 2.75) is 31.8 Å². The number of fused-ring (bicyclic) bond motifs is 1. The van der Waals surface area contributed by atoms with Crippen molar-refractivity contribution in [3.05, 3.63) is 65.0 Å². The molecule has 2 aliphatic rings. The van der Waals surface area contributed by atoms with Crippen molar-refractivity contribution in [3.63, 3.8) is 0 Å². The van der Waals surface area contributed by atoms with Gasteiger partial charge in [-0.15, -0.1) is 0 Å². The van der Waals surface area contributed by atoms with Crippen LogP contribution in [0.1, 0.15) is 34.3 Å². The molecular formula is C23H26FNO3. The predicted octanol–water partition coefficient (Wildman–Crippen LogP) is 3.34. The van der Waals surface area contributed by atoms with Crippen molar-refractivity contribution in [2.75, 3.05) is 19.6 Å². The first-order valence-electron chi connectivity index (χ1n) is 9.83. The molecule has 1 saturated heterocycles. The number of nitrogens with zero attached hydrogens (tertiary/aromatic N) is 1. The lowest BCUT2D eigenvalue weighted by molar-refractivity contribution is 0.0354. The number of rotatable bonds is 5. The quantitative estimate of drug-likeness (QED) is 0.778. The highest BCUT2D eigenvalue weighted by Crippen LogP contribution is 2.45. The summed E-state index contributed by atoms with van der Waals surface area (Å²) in [7, 11) is 0. The first-order chi connectivity index (χ1) is 13.3. The molecule has 1 aliphatic heterocycles. The largest absolute Gasteiger partial charge is 0.508 e. The molecule has 4 rings (SSSR count). The second kappa shape index (κ2) is 7.30. The van der Waals surface area contributed by atoms with E-state index in [4.69, 9.17) is 0 Å². The Morgan fingerprint density at radius 1 is 1.14 bits per heavy atom. The Bertz CT molecular complexity index is 866. The van der Waals surface area contributed by atoms with E-state index in [1.165, 1.54) is 24.3 Å². The van der Waals surface area contributed by atoms with Crippen LogP contribution in [0.5, 0.6) is 5.75 Å². The molecule has 2 fully saturated rings. The topological polar surface area (TPSA) is 60.8 Å². The summed E-state index contributed by atoms with van der Waals surface area (Å²) >= 11 is 0. The third-order valence-corrected chi connectivity index (χ3v) is 6.32. The van der Waals surface area contributed by atoms with Gasteiger partial charge in [-0.2, -0.15) is 0 Å². The second-order valence-electron chi connectivity index (χ2n) is 8.56. The maximum Gasteiger partial charge on any atom is 0.176 e. The van der Waals surface area contributed by atoms with Crippen LogP contribution in [0.2, 0.25) is 0 Å². The summed E-state index contributed by atoms with van der Waals surface area (Å²) in [6.45, 7) is 3.89. The molecular weight excluding hydrogens is 357 g/mol. The SMILES string of the molecule is Cc1cc(F)ccc1CC1(O)C[C@H]2CN(CC(=O)c3ccc(O)cc3)C[C@H]2C1. The predicted molar refractivity (Wildman–Crippen MR) is 105 cm³/mol. The molecule has 2 aromatic rings. The fourth-order valence-electron chi connectivity index (χ4n) is 4.99. The highest BCUT2D eigenvalue weighted by atomic mass is 19.1. The van der Waals surface area contributed by atoms with Gasteiger partial charge in [0, 0.05) is 25.1 Å². The summed E-state index contributed by atoms with van der Waals surface area (Å²) in [6, 6.07) is 11.1. The number of hydrogen-bond acceptors (Lipinski definition) is 4. The lowest BCUT2D eigenvalue weighted by Gasteiger charge is -2.26. The zero-order valence-corrected chi connectivity index (χ0v) is 16.1. The van der Waals surface area contributed by atoms with E-state index in [2.05, 4.69) is 4.90 Å². The highest BCUT2D eigenvalue weighted by molar-refractivity contribution is 5.97. The number of aromatic hydroxyl groups is 1. The first kappa shape index (κ1) is 19.1. The Hall–Kier alpha value is -2.24. The third-order valence-electron chi connectivity index (χ3n) is 6.32. The van der Waals surface area contributed by atoms with Crippen LogP contribution in [-0.4, -0.2) is 46.1 Å². The third kappa shape index (κ3) is 3.96. The molecule has 0 aromatic heterocycles. The summed E-state index contributed by atoms with van der Waals surface area (Å²) in [4.78, 5) is 14.6. The van der Waals surface area contributed by atoms with Crippen LogP contribution in [0.15, 0.2) is 42.5 Å². The molecule has 5 heteroatoms. The number of ketones is 1. The van der Waals surface area contributed by atoms with E-state index in [-0.39, 0.29) is 17.3 Å². The van der Waals surface area contributed by atoms with Gasteiger partial charge in [0.25, 0.3) is 0 Å². The second-order valence-corrected chi connectivity index (χ2v) is 8.56. The summed E-state index contributed by atoms with van der Waals surface area (Å²) < 4.78 is 13.3. The van der Waals surface area contributed by atoms with Crippen LogP contribution in [0.25, 0.3) is 0 Å². The van der Waals surface area contributed by atoms with Crippen molar-refractivity contribution in [1.29, 1.82) is 0 Å². The van der Waals surface area contributed by atoms with Gasteiger partial charge in [-0.25, -0.2) is 4.39 Å². The molecule has 2 N–H and O–H groups in total. The van der Waals surface area contributed by atoms with Crippen LogP contribution < -0.4 is 0 Å². The Morgan fingerprint density at radius 3 is 2.39 bits per heavy atom. The standard InChI is InChI=1S/C23H26FNO3/c1-15-8-20(24)5-2-17(15)9-23(28)10-18-12-25(13-19(18)11-23)14-22(27)16-3-6-21(26)7-4-16/h2-8,18-19,26,28H,9-14H2,1H3/t18-,19+,23?. The number of Topliss-reactive ketones (excluding diaryl/α,β-unsaturated/α-hetero) is 1. The number of carbonyl (C=O) groups is 1. The van der Waals surface area contributed by atoms with Gasteiger partial charge in [-0.1, -0.05) is 6.07 Å². The van der Waals surface area contributed by atoms with Crippen LogP contribution in [0.3, 0.4) is 0 Å². The number of phenolic OH excluding ortho intramolecular Hbond substituents is 1. The van der Waals surface area contributed by atoms with Gasteiger partial charge in [0.15, 0.2) is 5.78 Å². The first-order valence-corrected chi connectivity index (χ1v) is 9.83. The molecule has 0 amide bonds. The molecule has 2 aromatic carbocycles. The highest BCUT2D eigenvalue weighted by Gasteiger charge is 2.48. The van der Waals surface area contributed by atoms with Gasteiger partial charge < -0.3 is 10.2 Å². The number of halogens is 1. The van der Waals surface area contributed by atoms with Gasteiger partial charge in [0.05, 0.1) is 12.1 Å². The molecule has 0 spiro atoms. The van der Waals surface area contributed by atoms with E-state index < -0.39 is 5.60 Å². The van der Waals surface area contributed by atoms with E-state index in [0.29, 0.717) is 30.4 Å². The van der Waals surface area contributed by atoms with Crippen molar-refractivity contribution in [2.24, 2.45) is 11.8 Å². The van der Waals surface area contributed by atoms with E-state index in [1.54, 1.807) is 18.2 Å². The van der Waals surface area contributed by atoms with Gasteiger partial charge in [0.1, 0.15) is 11.6 Å². The number of phenols is 1. The molecule has 28 heavy (non-hydrogen) atoms. The molecule has 1 saturated carbocycles. The van der Waals surface area contributed by atoms with Crippen LogP contribution in [0.4, 0.5) is 4.39 Å². The molecule has 0 bridgehead atoms. The van der Waals surface area contributed by atoms with Crippen LogP contribution in [-0.2, 0) is 6.42 Å². The Balaban J connectivity index is 1.35. The Labute approximate surface area is 164 Å². The lowest BCUT2D eigenvalue weighted by Crippen LogP contribution is -2.34. The van der Waals surface area contributed by atoms with Gasteiger partial charge in [0.2, 0.25) is 0 Å². The number of likely N-dealkylation sites (tertiary alicyclic amines) is 1. The number of benzene rings is 2.